The van der Waals surface area contributed by atoms with Crippen LogP contribution in [0.2, 0.25) is 0 Å². The molecule has 0 radical (unpaired) electrons. The Morgan fingerprint density at radius 2 is 2.17 bits per heavy atom. The van der Waals surface area contributed by atoms with Gasteiger partial charge >= 0.3 is 6.03 Å². The van der Waals surface area contributed by atoms with E-state index in [1.54, 1.807) is 16.7 Å². The molecule has 2 amide bonds. The number of aryl methyl sites for hydroxylation is 2. The first-order valence-corrected chi connectivity index (χ1v) is 8.07. The van der Waals surface area contributed by atoms with Gasteiger partial charge in [-0.05, 0) is 24.5 Å². The van der Waals surface area contributed by atoms with Gasteiger partial charge in [0.1, 0.15) is 5.82 Å². The smallest absolute Gasteiger partial charge is 0.333 e. The second-order valence-electron chi connectivity index (χ2n) is 5.75. The Balaban J connectivity index is 2.37. The fraction of sp³-hybridized carbons (Fsp3) is 0.533. The minimum Gasteiger partial charge on any atom is -0.336 e. The normalized spacial score (nSPS) is 11.1. The number of hydrogen-bond donors (Lipinski definition) is 2. The second kappa shape index (κ2) is 7.04. The highest BCUT2D eigenvalue weighted by Gasteiger charge is 2.17. The molecule has 7 nitrogen and oxygen atoms in total. The molecule has 126 valence electrons. The molecule has 2 aromatic heterocycles. The molecule has 0 aliphatic heterocycles. The number of anilines is 1. The zero-order valence-corrected chi connectivity index (χ0v) is 14.9. The average molecular weight is 339 g/mol. The van der Waals surface area contributed by atoms with Crippen LogP contribution in [0, 0.1) is 6.92 Å². The van der Waals surface area contributed by atoms with Gasteiger partial charge in [-0.2, -0.15) is 5.10 Å². The van der Waals surface area contributed by atoms with Crippen molar-refractivity contribution in [1.29, 1.82) is 0 Å². The SMILES string of the molecule is Cc1nn(C)c2nc(N(C)NC(=O)NCCCl)cc(C(C)C)c12. The molecule has 2 N–H and O–H groups in total. The number of carbonyl (C=O) groups excluding carboxylic acids is 1. The van der Waals surface area contributed by atoms with E-state index in [0.29, 0.717) is 24.2 Å². The Labute approximate surface area is 141 Å². The van der Waals surface area contributed by atoms with E-state index in [0.717, 1.165) is 22.3 Å². The molecular weight excluding hydrogens is 316 g/mol. The molecule has 2 heterocycles. The van der Waals surface area contributed by atoms with E-state index < -0.39 is 0 Å². The van der Waals surface area contributed by atoms with Crippen LogP contribution in [-0.4, -0.2) is 40.3 Å². The van der Waals surface area contributed by atoms with E-state index in [9.17, 15) is 4.79 Å². The third-order valence-corrected chi connectivity index (χ3v) is 3.79. The van der Waals surface area contributed by atoms with Gasteiger partial charge in [-0.25, -0.2) is 15.2 Å². The minimum atomic E-state index is -0.317. The first-order chi connectivity index (χ1) is 10.8. The van der Waals surface area contributed by atoms with E-state index in [1.807, 2.05) is 20.0 Å². The lowest BCUT2D eigenvalue weighted by molar-refractivity contribution is 0.241. The second-order valence-corrected chi connectivity index (χ2v) is 6.13. The number of fused-ring (bicyclic) bond motifs is 1. The van der Waals surface area contributed by atoms with Gasteiger partial charge in [-0.15, -0.1) is 11.6 Å². The molecule has 0 bridgehead atoms. The van der Waals surface area contributed by atoms with Crippen LogP contribution in [0.15, 0.2) is 6.07 Å². The van der Waals surface area contributed by atoms with Gasteiger partial charge in [-0.3, -0.25) is 9.69 Å². The van der Waals surface area contributed by atoms with Crippen LogP contribution >= 0.6 is 11.6 Å². The lowest BCUT2D eigenvalue weighted by Crippen LogP contribution is -2.46. The predicted molar refractivity (Wildman–Crippen MR) is 93.0 cm³/mol. The number of amides is 2. The van der Waals surface area contributed by atoms with E-state index in [-0.39, 0.29) is 6.03 Å². The number of alkyl halides is 1. The van der Waals surface area contributed by atoms with Gasteiger partial charge in [0.2, 0.25) is 0 Å². The number of carbonyl (C=O) groups is 1. The number of hydrogen-bond acceptors (Lipinski definition) is 4. The van der Waals surface area contributed by atoms with Crippen molar-refractivity contribution < 1.29 is 4.79 Å². The molecule has 2 aromatic rings. The largest absolute Gasteiger partial charge is 0.336 e. The summed E-state index contributed by atoms with van der Waals surface area (Å²) in [7, 11) is 3.62. The van der Waals surface area contributed by atoms with Gasteiger partial charge in [-0.1, -0.05) is 13.8 Å². The van der Waals surface area contributed by atoms with Crippen LogP contribution in [0.25, 0.3) is 11.0 Å². The fourth-order valence-corrected chi connectivity index (χ4v) is 2.60. The Kier molecular flexibility index (Phi) is 5.30. The van der Waals surface area contributed by atoms with Crippen LogP contribution in [0.4, 0.5) is 10.6 Å². The number of urea groups is 1. The standard InChI is InChI=1S/C15H23ClN6O/c1-9(2)11-8-12(21(4)20-15(23)17-7-6-16)18-14-13(11)10(3)19-22(14)5/h8-9H,6-7H2,1-5H3,(H2,17,20,23). The van der Waals surface area contributed by atoms with E-state index in [2.05, 4.69) is 34.7 Å². The summed E-state index contributed by atoms with van der Waals surface area (Å²) >= 11 is 5.56. The van der Waals surface area contributed by atoms with Gasteiger partial charge < -0.3 is 5.32 Å². The molecule has 0 fully saturated rings. The zero-order valence-electron chi connectivity index (χ0n) is 14.1. The number of pyridine rings is 1. The molecule has 0 atom stereocenters. The van der Waals surface area contributed by atoms with Gasteiger partial charge in [0.15, 0.2) is 5.65 Å². The highest BCUT2D eigenvalue weighted by Crippen LogP contribution is 2.29. The molecule has 0 unspecified atom stereocenters. The molecule has 23 heavy (non-hydrogen) atoms. The Hall–Kier alpha value is -2.02. The number of nitrogens with one attached hydrogen (secondary N) is 2. The summed E-state index contributed by atoms with van der Waals surface area (Å²) in [6.07, 6.45) is 0. The molecule has 0 spiro atoms. The Morgan fingerprint density at radius 3 is 2.78 bits per heavy atom. The van der Waals surface area contributed by atoms with Crippen LogP contribution in [0.3, 0.4) is 0 Å². The number of hydrazine groups is 1. The number of halogens is 1. The molecule has 2 rings (SSSR count). The maximum atomic E-state index is 11.8. The average Bonchev–Trinajstić information content (AvgIpc) is 2.79. The molecule has 0 saturated heterocycles. The molecule has 0 aliphatic rings. The van der Waals surface area contributed by atoms with Gasteiger partial charge in [0.05, 0.1) is 5.69 Å². The van der Waals surface area contributed by atoms with Crippen LogP contribution in [-0.2, 0) is 7.05 Å². The monoisotopic (exact) mass is 338 g/mol. The summed E-state index contributed by atoms with van der Waals surface area (Å²) in [4.78, 5) is 16.4. The quantitative estimate of drug-likeness (QED) is 0.648. The first kappa shape index (κ1) is 17.3. The maximum absolute atomic E-state index is 11.8. The van der Waals surface area contributed by atoms with Crippen molar-refractivity contribution in [2.45, 2.75) is 26.7 Å². The maximum Gasteiger partial charge on any atom is 0.333 e. The molecule has 0 aliphatic carbocycles. The van der Waals surface area contributed by atoms with Crippen LogP contribution < -0.4 is 15.8 Å². The van der Waals surface area contributed by atoms with E-state index in [1.165, 1.54) is 0 Å². The van der Waals surface area contributed by atoms with Crippen molar-refractivity contribution in [3.8, 4) is 0 Å². The Bertz CT molecular complexity index is 712. The molecule has 0 aromatic carbocycles. The molecule has 8 heteroatoms. The zero-order chi connectivity index (χ0) is 17.1. The third-order valence-electron chi connectivity index (χ3n) is 3.60. The van der Waals surface area contributed by atoms with Crippen molar-refractivity contribution in [3.05, 3.63) is 17.3 Å². The topological polar surface area (TPSA) is 75.1 Å². The summed E-state index contributed by atoms with van der Waals surface area (Å²) in [5.74, 6) is 1.35. The van der Waals surface area contributed by atoms with E-state index >= 15 is 0 Å². The summed E-state index contributed by atoms with van der Waals surface area (Å²) < 4.78 is 1.77. The van der Waals surface area contributed by atoms with Gasteiger partial charge in [0, 0.05) is 31.9 Å². The lowest BCUT2D eigenvalue weighted by atomic mass is 10.00. The number of nitrogens with zero attached hydrogens (tertiary/aromatic N) is 4. The van der Waals surface area contributed by atoms with Crippen molar-refractivity contribution in [3.63, 3.8) is 0 Å². The van der Waals surface area contributed by atoms with Crippen LogP contribution in [0.5, 0.6) is 0 Å². The third kappa shape index (κ3) is 3.67. The molecular formula is C15H23ClN6O. The minimum absolute atomic E-state index is 0.317. The van der Waals surface area contributed by atoms with Crippen molar-refractivity contribution in [2.24, 2.45) is 7.05 Å². The van der Waals surface area contributed by atoms with Gasteiger partial charge in [0.25, 0.3) is 0 Å². The summed E-state index contributed by atoms with van der Waals surface area (Å²) in [5, 5.41) is 9.78. The van der Waals surface area contributed by atoms with Crippen LogP contribution in [0.1, 0.15) is 31.0 Å². The summed E-state index contributed by atoms with van der Waals surface area (Å²) in [6.45, 7) is 6.65. The summed E-state index contributed by atoms with van der Waals surface area (Å²) in [5.41, 5.74) is 5.64. The number of rotatable bonds is 5. The first-order valence-electron chi connectivity index (χ1n) is 7.53. The van der Waals surface area contributed by atoms with E-state index in [4.69, 9.17) is 11.6 Å². The molecule has 0 saturated carbocycles. The highest BCUT2D eigenvalue weighted by molar-refractivity contribution is 6.18. The predicted octanol–water partition coefficient (Wildman–Crippen LogP) is 2.29. The fourth-order valence-electron chi connectivity index (χ4n) is 2.50. The summed E-state index contributed by atoms with van der Waals surface area (Å²) in [6, 6.07) is 1.67. The highest BCUT2D eigenvalue weighted by atomic mass is 35.5. The van der Waals surface area contributed by atoms with Crippen molar-refractivity contribution in [1.82, 2.24) is 25.5 Å². The Morgan fingerprint density at radius 1 is 1.48 bits per heavy atom. The lowest BCUT2D eigenvalue weighted by Gasteiger charge is -2.21. The van der Waals surface area contributed by atoms with Crippen molar-refractivity contribution in [2.75, 3.05) is 24.5 Å². The van der Waals surface area contributed by atoms with Crippen molar-refractivity contribution >= 4 is 34.5 Å². The number of aromatic nitrogens is 3.